The minimum absolute atomic E-state index is 0.187. The Hall–Kier alpha value is -2.95. The second kappa shape index (κ2) is 6.89. The molecule has 0 saturated heterocycles. The third kappa shape index (κ3) is 3.45. The number of Topliss-reactive ketones (excluding diaryl/α,β-unsaturated/α-hetero) is 1. The van der Waals surface area contributed by atoms with Crippen LogP contribution in [-0.2, 0) is 6.42 Å². The van der Waals surface area contributed by atoms with Crippen LogP contribution < -0.4 is 10.4 Å². The van der Waals surface area contributed by atoms with Gasteiger partial charge in [0.15, 0.2) is 12.4 Å². The molecule has 128 valence electrons. The number of carbonyl (C=O) groups is 1. The van der Waals surface area contributed by atoms with Crippen molar-refractivity contribution in [1.82, 2.24) is 0 Å². The normalized spacial score (nSPS) is 10.8. The molecule has 4 nitrogen and oxygen atoms in total. The summed E-state index contributed by atoms with van der Waals surface area (Å²) >= 11 is 0. The van der Waals surface area contributed by atoms with E-state index >= 15 is 0 Å². The lowest BCUT2D eigenvalue weighted by molar-refractivity contribution is 0.0921. The van der Waals surface area contributed by atoms with Crippen molar-refractivity contribution >= 4 is 16.8 Å². The van der Waals surface area contributed by atoms with Gasteiger partial charge in [-0.2, -0.15) is 0 Å². The van der Waals surface area contributed by atoms with Gasteiger partial charge in [-0.3, -0.25) is 4.79 Å². The Kier molecular flexibility index (Phi) is 4.65. The predicted octanol–water partition coefficient (Wildman–Crippen LogP) is 4.06. The van der Waals surface area contributed by atoms with Gasteiger partial charge in [0.2, 0.25) is 0 Å². The fourth-order valence-corrected chi connectivity index (χ4v) is 2.74. The quantitative estimate of drug-likeness (QED) is 0.519. The molecule has 0 aliphatic heterocycles. The van der Waals surface area contributed by atoms with E-state index in [1.54, 1.807) is 12.1 Å². The predicted molar refractivity (Wildman–Crippen MR) is 92.8 cm³/mol. The molecule has 0 radical (unpaired) electrons. The number of rotatable bonds is 5. The van der Waals surface area contributed by atoms with Crippen LogP contribution >= 0.6 is 0 Å². The molecule has 0 bridgehead atoms. The second-order valence-electron chi connectivity index (χ2n) is 5.72. The molecule has 5 heteroatoms. The smallest absolute Gasteiger partial charge is 0.339 e. The zero-order chi connectivity index (χ0) is 18.0. The summed E-state index contributed by atoms with van der Waals surface area (Å²) in [5.41, 5.74) is 1.99. The number of benzene rings is 2. The van der Waals surface area contributed by atoms with Crippen LogP contribution in [0.4, 0.5) is 4.39 Å². The Bertz CT molecular complexity index is 987. The van der Waals surface area contributed by atoms with Gasteiger partial charge >= 0.3 is 5.63 Å². The van der Waals surface area contributed by atoms with Crippen molar-refractivity contribution in [2.75, 3.05) is 6.61 Å². The minimum atomic E-state index is -0.399. The molecule has 0 atom stereocenters. The number of halogens is 1. The Labute approximate surface area is 143 Å². The molecule has 3 rings (SSSR count). The first-order valence-electron chi connectivity index (χ1n) is 7.97. The van der Waals surface area contributed by atoms with Gasteiger partial charge in [-0.05, 0) is 55.3 Å². The lowest BCUT2D eigenvalue weighted by Crippen LogP contribution is -2.12. The molecule has 0 saturated carbocycles. The molecule has 1 aromatic heterocycles. The molecule has 0 N–H and O–H groups in total. The molecule has 2 aromatic carbocycles. The maximum atomic E-state index is 12.9. The van der Waals surface area contributed by atoms with Crippen LogP contribution in [0, 0.1) is 12.7 Å². The van der Waals surface area contributed by atoms with Gasteiger partial charge < -0.3 is 9.15 Å². The van der Waals surface area contributed by atoms with E-state index in [1.165, 1.54) is 24.3 Å². The maximum Gasteiger partial charge on any atom is 0.339 e. The summed E-state index contributed by atoms with van der Waals surface area (Å²) in [6.07, 6.45) is 0.606. The molecule has 0 aliphatic carbocycles. The van der Waals surface area contributed by atoms with Crippen LogP contribution in [0.5, 0.6) is 5.75 Å². The van der Waals surface area contributed by atoms with Crippen molar-refractivity contribution in [2.45, 2.75) is 20.3 Å². The van der Waals surface area contributed by atoms with Crippen LogP contribution in [-0.4, -0.2) is 12.4 Å². The molecular weight excluding hydrogens is 323 g/mol. The van der Waals surface area contributed by atoms with Crippen molar-refractivity contribution in [3.63, 3.8) is 0 Å². The van der Waals surface area contributed by atoms with Crippen molar-refractivity contribution < 1.29 is 18.3 Å². The standard InChI is InChI=1S/C20H17FO4/c1-3-16-12(2)17-9-8-15(10-19(17)25-20(16)23)24-11-18(22)13-4-6-14(21)7-5-13/h4-10H,3,11H2,1-2H3. The average Bonchev–Trinajstić information content (AvgIpc) is 2.60. The first-order chi connectivity index (χ1) is 12.0. The first-order valence-corrected chi connectivity index (χ1v) is 7.97. The summed E-state index contributed by atoms with van der Waals surface area (Å²) in [6, 6.07) is 10.4. The zero-order valence-electron chi connectivity index (χ0n) is 14.0. The van der Waals surface area contributed by atoms with E-state index in [4.69, 9.17) is 9.15 Å². The molecule has 0 aliphatic rings. The highest BCUT2D eigenvalue weighted by Gasteiger charge is 2.12. The van der Waals surface area contributed by atoms with Gasteiger partial charge in [-0.25, -0.2) is 9.18 Å². The number of aryl methyl sites for hydroxylation is 1. The largest absolute Gasteiger partial charge is 0.485 e. The summed E-state index contributed by atoms with van der Waals surface area (Å²) in [5, 5.41) is 0.841. The van der Waals surface area contributed by atoms with E-state index in [-0.39, 0.29) is 18.0 Å². The number of hydrogen-bond donors (Lipinski definition) is 0. The summed E-state index contributed by atoms with van der Waals surface area (Å²) in [7, 11) is 0. The van der Waals surface area contributed by atoms with E-state index in [1.807, 2.05) is 19.9 Å². The van der Waals surface area contributed by atoms with Crippen LogP contribution in [0.25, 0.3) is 11.0 Å². The number of carbonyl (C=O) groups excluding carboxylic acids is 1. The molecule has 1 heterocycles. The highest BCUT2D eigenvalue weighted by molar-refractivity contribution is 5.97. The topological polar surface area (TPSA) is 56.5 Å². The third-order valence-corrected chi connectivity index (χ3v) is 4.15. The van der Waals surface area contributed by atoms with Gasteiger partial charge in [0.1, 0.15) is 17.1 Å². The van der Waals surface area contributed by atoms with Gasteiger partial charge in [0.05, 0.1) is 0 Å². The van der Waals surface area contributed by atoms with Crippen molar-refractivity contribution in [1.29, 1.82) is 0 Å². The highest BCUT2D eigenvalue weighted by Crippen LogP contribution is 2.24. The van der Waals surface area contributed by atoms with E-state index < -0.39 is 5.82 Å². The van der Waals surface area contributed by atoms with Crippen LogP contribution in [0.3, 0.4) is 0 Å². The Morgan fingerprint density at radius 1 is 1.16 bits per heavy atom. The fraction of sp³-hybridized carbons (Fsp3) is 0.200. The summed E-state index contributed by atoms with van der Waals surface area (Å²) in [6.45, 7) is 3.60. The van der Waals surface area contributed by atoms with E-state index in [2.05, 4.69) is 0 Å². The molecule has 0 unspecified atom stereocenters. The fourth-order valence-electron chi connectivity index (χ4n) is 2.74. The first kappa shape index (κ1) is 16.9. The molecule has 3 aromatic rings. The van der Waals surface area contributed by atoms with Crippen LogP contribution in [0.1, 0.15) is 28.4 Å². The zero-order valence-corrected chi connectivity index (χ0v) is 14.0. The molecule has 0 fully saturated rings. The SMILES string of the molecule is CCc1c(C)c2ccc(OCC(=O)c3ccc(F)cc3)cc2oc1=O. The van der Waals surface area contributed by atoms with Crippen molar-refractivity contribution in [2.24, 2.45) is 0 Å². The average molecular weight is 340 g/mol. The number of hydrogen-bond acceptors (Lipinski definition) is 4. The van der Waals surface area contributed by atoms with E-state index in [0.29, 0.717) is 28.9 Å². The third-order valence-electron chi connectivity index (χ3n) is 4.15. The Morgan fingerprint density at radius 2 is 1.88 bits per heavy atom. The van der Waals surface area contributed by atoms with Gasteiger partial charge in [0, 0.05) is 22.6 Å². The second-order valence-corrected chi connectivity index (χ2v) is 5.72. The lowest BCUT2D eigenvalue weighted by atomic mass is 10.0. The molecular formula is C20H17FO4. The number of ketones is 1. The van der Waals surface area contributed by atoms with Crippen molar-refractivity contribution in [3.8, 4) is 5.75 Å². The Balaban J connectivity index is 1.81. The van der Waals surface area contributed by atoms with Gasteiger partial charge in [0.25, 0.3) is 0 Å². The van der Waals surface area contributed by atoms with Crippen molar-refractivity contribution in [3.05, 3.63) is 75.4 Å². The van der Waals surface area contributed by atoms with Crippen LogP contribution in [0.15, 0.2) is 51.7 Å². The molecule has 0 amide bonds. The van der Waals surface area contributed by atoms with Crippen LogP contribution in [0.2, 0.25) is 0 Å². The number of fused-ring (bicyclic) bond motifs is 1. The summed E-state index contributed by atoms with van der Waals surface area (Å²) < 4.78 is 23.7. The van der Waals surface area contributed by atoms with E-state index in [0.717, 1.165) is 10.9 Å². The summed E-state index contributed by atoms with van der Waals surface area (Å²) in [4.78, 5) is 24.0. The molecule has 0 spiro atoms. The minimum Gasteiger partial charge on any atom is -0.485 e. The highest BCUT2D eigenvalue weighted by atomic mass is 19.1. The lowest BCUT2D eigenvalue weighted by Gasteiger charge is -2.09. The molecule has 25 heavy (non-hydrogen) atoms. The van der Waals surface area contributed by atoms with E-state index in [9.17, 15) is 14.0 Å². The number of ether oxygens (including phenoxy) is 1. The Morgan fingerprint density at radius 3 is 2.56 bits per heavy atom. The maximum absolute atomic E-state index is 12.9. The summed E-state index contributed by atoms with van der Waals surface area (Å²) in [5.74, 6) is -0.238. The monoisotopic (exact) mass is 340 g/mol. The van der Waals surface area contributed by atoms with Gasteiger partial charge in [-0.1, -0.05) is 6.92 Å². The van der Waals surface area contributed by atoms with Gasteiger partial charge in [-0.15, -0.1) is 0 Å².